The highest BCUT2D eigenvalue weighted by molar-refractivity contribution is 6.03. The third-order valence-electron chi connectivity index (χ3n) is 4.20. The first-order valence-corrected chi connectivity index (χ1v) is 10.1. The molecule has 0 saturated carbocycles. The SMILES string of the molecule is CCCCCCCCCCC#CCOC(=O)c1ccccc1C(=O)OCC. The molecule has 1 rings (SSSR count). The number of carbonyl (C=O) groups excluding carboxylic acids is 2. The first kappa shape index (κ1) is 22.8. The van der Waals surface area contributed by atoms with Crippen LogP contribution in [-0.2, 0) is 9.47 Å². The Morgan fingerprint density at radius 1 is 0.778 bits per heavy atom. The monoisotopic (exact) mass is 372 g/mol. The summed E-state index contributed by atoms with van der Waals surface area (Å²) in [6.07, 6.45) is 11.0. The normalized spacial score (nSPS) is 10.0. The zero-order valence-electron chi connectivity index (χ0n) is 16.7. The Kier molecular flexibility index (Phi) is 12.5. The van der Waals surface area contributed by atoms with Crippen LogP contribution in [0, 0.1) is 11.8 Å². The van der Waals surface area contributed by atoms with Crippen molar-refractivity contribution in [3.8, 4) is 11.8 Å². The third kappa shape index (κ3) is 9.84. The van der Waals surface area contributed by atoms with E-state index in [9.17, 15) is 9.59 Å². The van der Waals surface area contributed by atoms with E-state index >= 15 is 0 Å². The maximum absolute atomic E-state index is 12.2. The topological polar surface area (TPSA) is 52.6 Å². The molecule has 0 aliphatic heterocycles. The Morgan fingerprint density at radius 2 is 1.33 bits per heavy atom. The fraction of sp³-hybridized carbons (Fsp3) is 0.565. The third-order valence-corrected chi connectivity index (χ3v) is 4.20. The van der Waals surface area contributed by atoms with Crippen molar-refractivity contribution in [1.82, 2.24) is 0 Å². The van der Waals surface area contributed by atoms with Gasteiger partial charge >= 0.3 is 11.9 Å². The summed E-state index contributed by atoms with van der Waals surface area (Å²) in [4.78, 5) is 24.0. The van der Waals surface area contributed by atoms with Gasteiger partial charge in [0.25, 0.3) is 0 Å². The molecule has 4 heteroatoms. The van der Waals surface area contributed by atoms with Gasteiger partial charge in [-0.15, -0.1) is 0 Å². The van der Waals surface area contributed by atoms with Gasteiger partial charge in [-0.2, -0.15) is 0 Å². The van der Waals surface area contributed by atoms with Crippen molar-refractivity contribution in [2.75, 3.05) is 13.2 Å². The minimum Gasteiger partial charge on any atom is -0.462 e. The van der Waals surface area contributed by atoms with Gasteiger partial charge in [-0.05, 0) is 25.5 Å². The second-order valence-electron chi connectivity index (χ2n) is 6.42. The number of ether oxygens (including phenoxy) is 2. The van der Waals surface area contributed by atoms with E-state index in [1.165, 1.54) is 44.9 Å². The molecule has 0 aromatic heterocycles. The largest absolute Gasteiger partial charge is 0.462 e. The van der Waals surface area contributed by atoms with Crippen molar-refractivity contribution in [2.45, 2.75) is 71.6 Å². The van der Waals surface area contributed by atoms with E-state index in [1.807, 2.05) is 0 Å². The van der Waals surface area contributed by atoms with Crippen LogP contribution in [-0.4, -0.2) is 25.2 Å². The molecule has 1 aromatic carbocycles. The van der Waals surface area contributed by atoms with Crippen LogP contribution in [0.5, 0.6) is 0 Å². The summed E-state index contributed by atoms with van der Waals surface area (Å²) in [5.74, 6) is 4.83. The Balaban J connectivity index is 2.25. The lowest BCUT2D eigenvalue weighted by Gasteiger charge is -2.07. The molecule has 0 atom stereocenters. The minimum absolute atomic E-state index is 0.0347. The lowest BCUT2D eigenvalue weighted by atomic mass is 10.1. The Morgan fingerprint density at radius 3 is 1.93 bits per heavy atom. The average Bonchev–Trinajstić information content (AvgIpc) is 2.69. The molecule has 0 bridgehead atoms. The van der Waals surface area contributed by atoms with Crippen LogP contribution in [0.15, 0.2) is 24.3 Å². The molecule has 1 aromatic rings. The lowest BCUT2D eigenvalue weighted by molar-refractivity contribution is 0.0492. The van der Waals surface area contributed by atoms with Gasteiger partial charge in [0.2, 0.25) is 0 Å². The first-order valence-electron chi connectivity index (χ1n) is 10.1. The predicted molar refractivity (Wildman–Crippen MR) is 108 cm³/mol. The number of esters is 2. The quantitative estimate of drug-likeness (QED) is 0.274. The van der Waals surface area contributed by atoms with Crippen molar-refractivity contribution in [3.63, 3.8) is 0 Å². The van der Waals surface area contributed by atoms with Crippen LogP contribution in [0.1, 0.15) is 92.4 Å². The number of rotatable bonds is 12. The summed E-state index contributed by atoms with van der Waals surface area (Å²) in [5.41, 5.74) is 0.428. The molecule has 0 heterocycles. The van der Waals surface area contributed by atoms with E-state index in [0.717, 1.165) is 12.8 Å². The molecule has 0 N–H and O–H groups in total. The minimum atomic E-state index is -0.556. The molecular weight excluding hydrogens is 340 g/mol. The van der Waals surface area contributed by atoms with Gasteiger partial charge in [0.1, 0.15) is 0 Å². The highest BCUT2D eigenvalue weighted by atomic mass is 16.5. The summed E-state index contributed by atoms with van der Waals surface area (Å²) in [5, 5.41) is 0. The Bertz CT molecular complexity index is 625. The number of hydrogen-bond donors (Lipinski definition) is 0. The van der Waals surface area contributed by atoms with Gasteiger partial charge in [-0.1, -0.05) is 75.8 Å². The summed E-state index contributed by atoms with van der Waals surface area (Å²) in [6, 6.07) is 6.49. The fourth-order valence-electron chi connectivity index (χ4n) is 2.71. The molecule has 4 nitrogen and oxygen atoms in total. The average molecular weight is 373 g/mol. The van der Waals surface area contributed by atoms with Gasteiger partial charge in [-0.3, -0.25) is 0 Å². The zero-order chi connectivity index (χ0) is 19.7. The fourth-order valence-corrected chi connectivity index (χ4v) is 2.71. The predicted octanol–water partition coefficient (Wildman–Crippen LogP) is 5.55. The number of unbranched alkanes of at least 4 members (excludes halogenated alkanes) is 8. The van der Waals surface area contributed by atoms with Crippen LogP contribution in [0.3, 0.4) is 0 Å². The standard InChI is InChI=1S/C23H32O4/c1-3-5-6-7-8-9-10-11-12-13-16-19-27-23(25)21-18-15-14-17-20(21)22(24)26-4-2/h14-15,17-18H,3-12,19H2,1-2H3. The van der Waals surface area contributed by atoms with Crippen molar-refractivity contribution < 1.29 is 19.1 Å². The molecule has 0 unspecified atom stereocenters. The van der Waals surface area contributed by atoms with Gasteiger partial charge in [-0.25, -0.2) is 9.59 Å². The molecule has 148 valence electrons. The smallest absolute Gasteiger partial charge is 0.339 e. The maximum Gasteiger partial charge on any atom is 0.339 e. The van der Waals surface area contributed by atoms with Crippen LogP contribution in [0.4, 0.5) is 0 Å². The zero-order valence-corrected chi connectivity index (χ0v) is 16.7. The second-order valence-corrected chi connectivity index (χ2v) is 6.42. The summed E-state index contributed by atoms with van der Waals surface area (Å²) >= 11 is 0. The molecule has 0 spiro atoms. The van der Waals surface area contributed by atoms with Crippen molar-refractivity contribution in [3.05, 3.63) is 35.4 Å². The second kappa shape index (κ2) is 14.8. The van der Waals surface area contributed by atoms with Crippen molar-refractivity contribution in [1.29, 1.82) is 0 Å². The van der Waals surface area contributed by atoms with Crippen molar-refractivity contribution >= 4 is 11.9 Å². The highest BCUT2D eigenvalue weighted by Crippen LogP contribution is 2.12. The molecule has 0 aliphatic rings. The molecule has 0 radical (unpaired) electrons. The van der Waals surface area contributed by atoms with Crippen LogP contribution >= 0.6 is 0 Å². The molecule has 0 saturated heterocycles. The Labute approximate surface area is 163 Å². The lowest BCUT2D eigenvalue weighted by Crippen LogP contribution is -2.14. The first-order chi connectivity index (χ1) is 13.2. The van der Waals surface area contributed by atoms with Crippen LogP contribution in [0.25, 0.3) is 0 Å². The molecule has 0 aliphatic carbocycles. The van der Waals surface area contributed by atoms with Gasteiger partial charge in [0, 0.05) is 6.42 Å². The van der Waals surface area contributed by atoms with Gasteiger partial charge in [0.15, 0.2) is 6.61 Å². The van der Waals surface area contributed by atoms with E-state index in [2.05, 4.69) is 18.8 Å². The summed E-state index contributed by atoms with van der Waals surface area (Å²) < 4.78 is 10.1. The number of hydrogen-bond acceptors (Lipinski definition) is 4. The van der Waals surface area contributed by atoms with Crippen LogP contribution in [0.2, 0.25) is 0 Å². The van der Waals surface area contributed by atoms with E-state index < -0.39 is 11.9 Å². The van der Waals surface area contributed by atoms with E-state index in [1.54, 1.807) is 31.2 Å². The van der Waals surface area contributed by atoms with E-state index in [0.29, 0.717) is 0 Å². The summed E-state index contributed by atoms with van der Waals surface area (Å²) in [7, 11) is 0. The highest BCUT2D eigenvalue weighted by Gasteiger charge is 2.18. The van der Waals surface area contributed by atoms with E-state index in [-0.39, 0.29) is 24.3 Å². The maximum atomic E-state index is 12.2. The number of carbonyl (C=O) groups is 2. The van der Waals surface area contributed by atoms with Gasteiger partial charge < -0.3 is 9.47 Å². The molecule has 27 heavy (non-hydrogen) atoms. The molecule has 0 amide bonds. The molecule has 0 fully saturated rings. The van der Waals surface area contributed by atoms with Gasteiger partial charge in [0.05, 0.1) is 17.7 Å². The van der Waals surface area contributed by atoms with Crippen LogP contribution < -0.4 is 0 Å². The van der Waals surface area contributed by atoms with E-state index in [4.69, 9.17) is 9.47 Å². The van der Waals surface area contributed by atoms with Crippen molar-refractivity contribution in [2.24, 2.45) is 0 Å². The summed E-state index contributed by atoms with van der Waals surface area (Å²) in [6.45, 7) is 4.25. The Hall–Kier alpha value is -2.28. The number of benzene rings is 1. The molecular formula is C23H32O4.